The topological polar surface area (TPSA) is 124 Å². The summed E-state index contributed by atoms with van der Waals surface area (Å²) >= 11 is 0. The van der Waals surface area contributed by atoms with E-state index < -0.39 is 0 Å². The van der Waals surface area contributed by atoms with E-state index in [4.69, 9.17) is 0 Å². The van der Waals surface area contributed by atoms with E-state index >= 15 is 0 Å². The van der Waals surface area contributed by atoms with Crippen LogP contribution in [0.3, 0.4) is 0 Å². The van der Waals surface area contributed by atoms with Gasteiger partial charge in [0, 0.05) is 35.2 Å². The van der Waals surface area contributed by atoms with Crippen LogP contribution in [0.2, 0.25) is 0 Å². The number of imidazole rings is 1. The number of H-pyrrole nitrogens is 2. The van der Waals surface area contributed by atoms with Gasteiger partial charge in [-0.15, -0.1) is 0 Å². The van der Waals surface area contributed by atoms with Gasteiger partial charge in [0.05, 0.1) is 30.0 Å². The number of nitrogens with one attached hydrogen (secondary N) is 4. The van der Waals surface area contributed by atoms with Crippen LogP contribution in [0.15, 0.2) is 54.1 Å². The zero-order valence-corrected chi connectivity index (χ0v) is 18.8. The maximum Gasteiger partial charge on any atom is 0.268 e. The fourth-order valence-corrected chi connectivity index (χ4v) is 3.44. The lowest BCUT2D eigenvalue weighted by Crippen LogP contribution is -2.23. The molecule has 9 nitrogen and oxygen atoms in total. The maximum atomic E-state index is 12.6. The molecule has 33 heavy (non-hydrogen) atoms. The van der Waals surface area contributed by atoms with Crippen molar-refractivity contribution in [2.24, 2.45) is 4.99 Å². The van der Waals surface area contributed by atoms with Gasteiger partial charge in [-0.3, -0.25) is 9.79 Å². The third kappa shape index (κ3) is 5.15. The summed E-state index contributed by atoms with van der Waals surface area (Å²) in [4.78, 5) is 36.1. The number of allylic oxidation sites excluding steroid dienone is 1. The summed E-state index contributed by atoms with van der Waals surface area (Å²) in [7, 11) is 0. The van der Waals surface area contributed by atoms with E-state index in [0.717, 1.165) is 45.7 Å². The number of fused-ring (bicyclic) bond motifs is 1. The quantitative estimate of drug-likeness (QED) is 0.299. The van der Waals surface area contributed by atoms with Crippen molar-refractivity contribution >= 4 is 40.4 Å². The Balaban J connectivity index is 1.54. The highest BCUT2D eigenvalue weighted by Gasteiger charge is 2.12. The molecular weight excluding hydrogens is 416 g/mol. The van der Waals surface area contributed by atoms with E-state index in [9.17, 15) is 4.79 Å². The molecule has 4 rings (SSSR count). The monoisotopic (exact) mass is 442 g/mol. The summed E-state index contributed by atoms with van der Waals surface area (Å²) in [5, 5.41) is 7.07. The van der Waals surface area contributed by atoms with Crippen LogP contribution >= 0.6 is 0 Å². The highest BCUT2D eigenvalue weighted by molar-refractivity contribution is 5.99. The van der Waals surface area contributed by atoms with Gasteiger partial charge in [-0.1, -0.05) is 13.0 Å². The van der Waals surface area contributed by atoms with Crippen molar-refractivity contribution in [3.05, 3.63) is 71.7 Å². The van der Waals surface area contributed by atoms with Crippen LogP contribution in [0.5, 0.6) is 0 Å². The lowest BCUT2D eigenvalue weighted by Gasteiger charge is -2.08. The molecule has 0 unspecified atom stereocenters. The minimum atomic E-state index is -0.183. The van der Waals surface area contributed by atoms with Crippen LogP contribution in [-0.2, 0) is 6.54 Å². The predicted octanol–water partition coefficient (Wildman–Crippen LogP) is 4.50. The molecule has 0 aliphatic heterocycles. The van der Waals surface area contributed by atoms with Gasteiger partial charge in [-0.2, -0.15) is 0 Å². The molecule has 0 atom stereocenters. The average Bonchev–Trinajstić information content (AvgIpc) is 3.49. The molecule has 0 aliphatic carbocycles. The van der Waals surface area contributed by atoms with E-state index in [1.165, 1.54) is 0 Å². The number of aliphatic imine (C=N–C) groups is 1. The fourth-order valence-electron chi connectivity index (χ4n) is 3.44. The van der Waals surface area contributed by atoms with Gasteiger partial charge in [0.2, 0.25) is 5.95 Å². The zero-order valence-electron chi connectivity index (χ0n) is 18.8. The number of carbonyl (C=O) groups is 1. The summed E-state index contributed by atoms with van der Waals surface area (Å²) in [6, 6.07) is 7.63. The molecule has 0 spiro atoms. The maximum absolute atomic E-state index is 12.6. The first-order valence-corrected chi connectivity index (χ1v) is 10.8. The number of aromatic amines is 2. The molecule has 4 aromatic rings. The Bertz CT molecular complexity index is 1320. The molecule has 168 valence electrons. The summed E-state index contributed by atoms with van der Waals surface area (Å²) in [5.74, 6) is 0.294. The minimum Gasteiger partial charge on any atom is -0.350 e. The van der Waals surface area contributed by atoms with Crippen LogP contribution < -0.4 is 10.6 Å². The largest absolute Gasteiger partial charge is 0.350 e. The lowest BCUT2D eigenvalue weighted by molar-refractivity contribution is 0.0946. The third-order valence-corrected chi connectivity index (χ3v) is 5.02. The summed E-state index contributed by atoms with van der Waals surface area (Å²) < 4.78 is 0. The standard InChI is InChI=1S/C24H26N8O/c1-4-7-26-19(5-2)20-6-8-27-24(32-20)30-17-9-15(3)22-16(10-17)11-21(31-22)23(33)28-13-18-12-25-14-29-18/h5-12,14,31H,4,13H2,1-3H3,(H,25,29)(H,28,33)(H,27,30,32)/b19-5-,26-7?. The number of amides is 1. The first kappa shape index (κ1) is 21.9. The second kappa shape index (κ2) is 9.90. The number of benzene rings is 1. The number of hydrogen-bond donors (Lipinski definition) is 4. The van der Waals surface area contributed by atoms with Crippen molar-refractivity contribution < 1.29 is 4.79 Å². The van der Waals surface area contributed by atoms with E-state index in [1.54, 1.807) is 18.7 Å². The van der Waals surface area contributed by atoms with Gasteiger partial charge < -0.3 is 20.6 Å². The minimum absolute atomic E-state index is 0.183. The van der Waals surface area contributed by atoms with E-state index in [1.807, 2.05) is 57.3 Å². The molecular formula is C24H26N8O. The van der Waals surface area contributed by atoms with Crippen LogP contribution in [0, 0.1) is 6.92 Å². The number of rotatable bonds is 8. The van der Waals surface area contributed by atoms with Crippen molar-refractivity contribution in [3.8, 4) is 0 Å². The number of anilines is 2. The SMILES string of the molecule is C/C=C(\N=CCC)c1ccnc(Nc2cc(C)c3[nH]c(C(=O)NCc4cnc[nH]4)cc3c2)n1. The molecule has 0 radical (unpaired) electrons. The molecule has 0 saturated heterocycles. The molecule has 3 heterocycles. The second-order valence-electron chi connectivity index (χ2n) is 7.48. The molecule has 1 aromatic carbocycles. The molecule has 3 aromatic heterocycles. The number of nitrogens with zero attached hydrogens (tertiary/aromatic N) is 4. The highest BCUT2D eigenvalue weighted by atomic mass is 16.1. The number of aryl methyl sites for hydroxylation is 1. The fraction of sp³-hybridized carbons (Fsp3) is 0.208. The van der Waals surface area contributed by atoms with Crippen LogP contribution in [0.1, 0.15) is 47.7 Å². The Morgan fingerprint density at radius 1 is 1.27 bits per heavy atom. The van der Waals surface area contributed by atoms with E-state index in [2.05, 4.69) is 40.5 Å². The van der Waals surface area contributed by atoms with E-state index in [-0.39, 0.29) is 5.91 Å². The summed E-state index contributed by atoms with van der Waals surface area (Å²) in [5.41, 5.74) is 5.62. The van der Waals surface area contributed by atoms with Crippen molar-refractivity contribution in [1.82, 2.24) is 30.2 Å². The van der Waals surface area contributed by atoms with Gasteiger partial charge in [0.15, 0.2) is 0 Å². The smallest absolute Gasteiger partial charge is 0.268 e. The highest BCUT2D eigenvalue weighted by Crippen LogP contribution is 2.26. The Morgan fingerprint density at radius 2 is 2.15 bits per heavy atom. The molecule has 0 saturated carbocycles. The van der Waals surface area contributed by atoms with Gasteiger partial charge in [-0.05, 0) is 50.1 Å². The molecule has 1 amide bonds. The normalized spacial score (nSPS) is 11.9. The molecule has 0 fully saturated rings. The molecule has 0 bridgehead atoms. The average molecular weight is 443 g/mol. The first-order valence-electron chi connectivity index (χ1n) is 10.8. The second-order valence-corrected chi connectivity index (χ2v) is 7.48. The Kier molecular flexibility index (Phi) is 6.58. The van der Waals surface area contributed by atoms with Gasteiger partial charge in [-0.25, -0.2) is 15.0 Å². The molecule has 9 heteroatoms. The number of carbonyl (C=O) groups excluding carboxylic acids is 1. The predicted molar refractivity (Wildman–Crippen MR) is 131 cm³/mol. The van der Waals surface area contributed by atoms with Crippen LogP contribution in [-0.4, -0.2) is 37.0 Å². The summed E-state index contributed by atoms with van der Waals surface area (Å²) in [6.07, 6.45) is 9.61. The zero-order chi connectivity index (χ0) is 23.2. The van der Waals surface area contributed by atoms with Crippen molar-refractivity contribution in [2.45, 2.75) is 33.7 Å². The Morgan fingerprint density at radius 3 is 2.91 bits per heavy atom. The lowest BCUT2D eigenvalue weighted by atomic mass is 10.1. The Labute approximate surface area is 191 Å². The third-order valence-electron chi connectivity index (χ3n) is 5.02. The molecule has 4 N–H and O–H groups in total. The first-order chi connectivity index (χ1) is 16.1. The summed E-state index contributed by atoms with van der Waals surface area (Å²) in [6.45, 7) is 6.34. The van der Waals surface area contributed by atoms with Gasteiger partial charge in [0.1, 0.15) is 5.69 Å². The Hall–Kier alpha value is -4.27. The van der Waals surface area contributed by atoms with Gasteiger partial charge in [0.25, 0.3) is 5.91 Å². The van der Waals surface area contributed by atoms with Crippen molar-refractivity contribution in [1.29, 1.82) is 0 Å². The van der Waals surface area contributed by atoms with Gasteiger partial charge >= 0.3 is 0 Å². The van der Waals surface area contributed by atoms with Crippen molar-refractivity contribution in [2.75, 3.05) is 5.32 Å². The molecule has 0 aliphatic rings. The van der Waals surface area contributed by atoms with Crippen LogP contribution in [0.4, 0.5) is 11.6 Å². The van der Waals surface area contributed by atoms with Crippen LogP contribution in [0.25, 0.3) is 16.6 Å². The number of hydrogen-bond acceptors (Lipinski definition) is 6. The number of aromatic nitrogens is 5. The van der Waals surface area contributed by atoms with E-state index in [0.29, 0.717) is 18.2 Å². The van der Waals surface area contributed by atoms with Crippen molar-refractivity contribution in [3.63, 3.8) is 0 Å².